The predicted octanol–water partition coefficient (Wildman–Crippen LogP) is 3.62. The van der Waals surface area contributed by atoms with Crippen molar-refractivity contribution in [2.24, 2.45) is 0 Å². The Morgan fingerprint density at radius 3 is 2.56 bits per heavy atom. The molecule has 2 rings (SSSR count). The Balaban J connectivity index is 2.21. The smallest absolute Gasteiger partial charge is 0.0479 e. The van der Waals surface area contributed by atoms with E-state index >= 15 is 0 Å². The second-order valence-electron chi connectivity index (χ2n) is 4.02. The summed E-state index contributed by atoms with van der Waals surface area (Å²) in [5, 5.41) is 0. The maximum atomic E-state index is 4.49. The minimum absolute atomic E-state index is 0.941. The summed E-state index contributed by atoms with van der Waals surface area (Å²) < 4.78 is 0. The highest BCUT2D eigenvalue weighted by Gasteiger charge is 2.03. The summed E-state index contributed by atoms with van der Waals surface area (Å²) in [6.07, 6.45) is 5.12. The van der Waals surface area contributed by atoms with E-state index in [1.165, 1.54) is 23.2 Å². The monoisotopic (exact) mass is 211 g/mol. The summed E-state index contributed by atoms with van der Waals surface area (Å²) >= 11 is 0. The van der Waals surface area contributed by atoms with Crippen molar-refractivity contribution in [3.8, 4) is 0 Å². The number of nitrogens with zero attached hydrogens (tertiary/aromatic N) is 1. The SMILES string of the molecule is CCCc1cccnc1Cc1ccccc1. The van der Waals surface area contributed by atoms with E-state index in [2.05, 4.69) is 48.3 Å². The molecule has 0 bridgehead atoms. The molecular weight excluding hydrogens is 194 g/mol. The van der Waals surface area contributed by atoms with Gasteiger partial charge in [0.25, 0.3) is 0 Å². The molecule has 0 N–H and O–H groups in total. The Hall–Kier alpha value is -1.63. The van der Waals surface area contributed by atoms with Gasteiger partial charge in [0.15, 0.2) is 0 Å². The first-order chi connectivity index (χ1) is 7.90. The highest BCUT2D eigenvalue weighted by atomic mass is 14.7. The topological polar surface area (TPSA) is 12.9 Å². The van der Waals surface area contributed by atoms with E-state index < -0.39 is 0 Å². The average Bonchev–Trinajstić information content (AvgIpc) is 2.33. The van der Waals surface area contributed by atoms with Crippen LogP contribution in [0, 0.1) is 0 Å². The highest BCUT2D eigenvalue weighted by molar-refractivity contribution is 5.27. The molecule has 0 unspecified atom stereocenters. The van der Waals surface area contributed by atoms with Crippen LogP contribution in [0.5, 0.6) is 0 Å². The second kappa shape index (κ2) is 5.45. The van der Waals surface area contributed by atoms with Gasteiger partial charge in [-0.25, -0.2) is 0 Å². The number of hydrogen-bond donors (Lipinski definition) is 0. The van der Waals surface area contributed by atoms with Crippen LogP contribution in [0.25, 0.3) is 0 Å². The Morgan fingerprint density at radius 2 is 1.81 bits per heavy atom. The minimum Gasteiger partial charge on any atom is -0.261 e. The molecule has 0 atom stereocenters. The van der Waals surface area contributed by atoms with Crippen molar-refractivity contribution in [2.75, 3.05) is 0 Å². The minimum atomic E-state index is 0.941. The lowest BCUT2D eigenvalue weighted by Crippen LogP contribution is -1.98. The quantitative estimate of drug-likeness (QED) is 0.752. The fraction of sp³-hybridized carbons (Fsp3) is 0.267. The molecule has 82 valence electrons. The van der Waals surface area contributed by atoms with E-state index in [4.69, 9.17) is 0 Å². The Morgan fingerprint density at radius 1 is 1.00 bits per heavy atom. The Bertz CT molecular complexity index is 434. The van der Waals surface area contributed by atoms with Crippen LogP contribution in [-0.2, 0) is 12.8 Å². The van der Waals surface area contributed by atoms with Gasteiger partial charge < -0.3 is 0 Å². The van der Waals surface area contributed by atoms with E-state index in [1.54, 1.807) is 0 Å². The summed E-state index contributed by atoms with van der Waals surface area (Å²) in [6.45, 7) is 2.21. The Labute approximate surface area is 97.2 Å². The van der Waals surface area contributed by atoms with Gasteiger partial charge in [-0.2, -0.15) is 0 Å². The fourth-order valence-electron chi connectivity index (χ4n) is 1.92. The van der Waals surface area contributed by atoms with Crippen LogP contribution in [0.15, 0.2) is 48.7 Å². The molecule has 0 saturated heterocycles. The third-order valence-corrected chi connectivity index (χ3v) is 2.72. The van der Waals surface area contributed by atoms with Crippen molar-refractivity contribution in [3.63, 3.8) is 0 Å². The third kappa shape index (κ3) is 2.69. The lowest BCUT2D eigenvalue weighted by atomic mass is 10.0. The molecule has 0 radical (unpaired) electrons. The molecule has 0 amide bonds. The second-order valence-corrected chi connectivity index (χ2v) is 4.02. The number of rotatable bonds is 4. The first-order valence-corrected chi connectivity index (χ1v) is 5.87. The van der Waals surface area contributed by atoms with Crippen LogP contribution in [0.2, 0.25) is 0 Å². The van der Waals surface area contributed by atoms with Crippen LogP contribution < -0.4 is 0 Å². The van der Waals surface area contributed by atoms with E-state index in [9.17, 15) is 0 Å². The molecule has 1 heterocycles. The van der Waals surface area contributed by atoms with Crippen LogP contribution in [0.1, 0.15) is 30.2 Å². The molecular formula is C15H17N. The van der Waals surface area contributed by atoms with Crippen LogP contribution >= 0.6 is 0 Å². The molecule has 1 nitrogen and oxygen atoms in total. The van der Waals surface area contributed by atoms with E-state index in [-0.39, 0.29) is 0 Å². The lowest BCUT2D eigenvalue weighted by molar-refractivity contribution is 0.883. The number of aryl methyl sites for hydroxylation is 1. The third-order valence-electron chi connectivity index (χ3n) is 2.72. The van der Waals surface area contributed by atoms with Gasteiger partial charge in [-0.1, -0.05) is 49.7 Å². The zero-order valence-electron chi connectivity index (χ0n) is 9.69. The van der Waals surface area contributed by atoms with Crippen molar-refractivity contribution >= 4 is 0 Å². The highest BCUT2D eigenvalue weighted by Crippen LogP contribution is 2.13. The van der Waals surface area contributed by atoms with Crippen LogP contribution in [0.3, 0.4) is 0 Å². The summed E-state index contributed by atoms with van der Waals surface area (Å²) in [4.78, 5) is 4.49. The van der Waals surface area contributed by atoms with Crippen molar-refractivity contribution in [3.05, 3.63) is 65.5 Å². The van der Waals surface area contributed by atoms with Crippen molar-refractivity contribution in [1.29, 1.82) is 0 Å². The van der Waals surface area contributed by atoms with Crippen LogP contribution in [0.4, 0.5) is 0 Å². The zero-order valence-corrected chi connectivity index (χ0v) is 9.69. The molecule has 0 aliphatic rings. The van der Waals surface area contributed by atoms with Crippen molar-refractivity contribution in [2.45, 2.75) is 26.2 Å². The van der Waals surface area contributed by atoms with Crippen LogP contribution in [-0.4, -0.2) is 4.98 Å². The van der Waals surface area contributed by atoms with E-state index in [0.717, 1.165) is 12.8 Å². The average molecular weight is 211 g/mol. The number of pyridine rings is 1. The largest absolute Gasteiger partial charge is 0.261 e. The van der Waals surface area contributed by atoms with Gasteiger partial charge in [-0.3, -0.25) is 4.98 Å². The molecule has 2 aromatic rings. The molecule has 0 aliphatic carbocycles. The molecule has 0 spiro atoms. The summed E-state index contributed by atoms with van der Waals surface area (Å²) in [7, 11) is 0. The maximum Gasteiger partial charge on any atom is 0.0479 e. The summed E-state index contributed by atoms with van der Waals surface area (Å²) in [5.41, 5.74) is 3.93. The molecule has 1 aromatic carbocycles. The predicted molar refractivity (Wildman–Crippen MR) is 67.5 cm³/mol. The summed E-state index contributed by atoms with van der Waals surface area (Å²) in [5.74, 6) is 0. The lowest BCUT2D eigenvalue weighted by Gasteiger charge is -2.07. The molecule has 16 heavy (non-hydrogen) atoms. The molecule has 0 saturated carbocycles. The van der Waals surface area contributed by atoms with Gasteiger partial charge >= 0.3 is 0 Å². The number of hydrogen-bond acceptors (Lipinski definition) is 1. The van der Waals surface area contributed by atoms with Gasteiger partial charge in [0.05, 0.1) is 0 Å². The number of aromatic nitrogens is 1. The van der Waals surface area contributed by atoms with Gasteiger partial charge in [-0.05, 0) is 23.6 Å². The van der Waals surface area contributed by atoms with E-state index in [1.807, 2.05) is 12.3 Å². The normalized spacial score (nSPS) is 10.3. The molecule has 1 heteroatoms. The van der Waals surface area contributed by atoms with E-state index in [0.29, 0.717) is 0 Å². The molecule has 0 aliphatic heterocycles. The fourth-order valence-corrected chi connectivity index (χ4v) is 1.92. The van der Waals surface area contributed by atoms with Crippen molar-refractivity contribution in [1.82, 2.24) is 4.98 Å². The van der Waals surface area contributed by atoms with Gasteiger partial charge in [0.2, 0.25) is 0 Å². The maximum absolute atomic E-state index is 4.49. The zero-order chi connectivity index (χ0) is 11.2. The first kappa shape index (κ1) is 10.9. The van der Waals surface area contributed by atoms with Gasteiger partial charge in [0.1, 0.15) is 0 Å². The molecule has 1 aromatic heterocycles. The Kier molecular flexibility index (Phi) is 3.71. The van der Waals surface area contributed by atoms with Crippen molar-refractivity contribution < 1.29 is 0 Å². The van der Waals surface area contributed by atoms with Gasteiger partial charge in [-0.15, -0.1) is 0 Å². The summed E-state index contributed by atoms with van der Waals surface area (Å²) in [6, 6.07) is 14.7. The standard InChI is InChI=1S/C15H17N/c1-2-7-14-10-6-11-16-15(14)12-13-8-4-3-5-9-13/h3-6,8-11H,2,7,12H2,1H3. The molecule has 0 fully saturated rings. The first-order valence-electron chi connectivity index (χ1n) is 5.87. The van der Waals surface area contributed by atoms with Gasteiger partial charge in [0, 0.05) is 18.3 Å². The number of benzene rings is 1.